The van der Waals surface area contributed by atoms with Crippen molar-refractivity contribution in [3.8, 4) is 23.0 Å². The van der Waals surface area contributed by atoms with E-state index in [-0.39, 0.29) is 33.9 Å². The number of β-amino-alcohol motifs (C(OH)–C–C–N with tert-alkyl or cyclic N) is 1. The molecule has 2 fully saturated rings. The number of hydrogen-bond acceptors (Lipinski definition) is 8. The minimum atomic E-state index is -0.924. The number of hydrogen-bond donors (Lipinski definition) is 2. The molecule has 2 aromatic heterocycles. The predicted octanol–water partition coefficient (Wildman–Crippen LogP) is 5.85. The molecule has 0 spiro atoms. The van der Waals surface area contributed by atoms with Crippen LogP contribution in [0.1, 0.15) is 52.0 Å². The van der Waals surface area contributed by atoms with Crippen LogP contribution in [0.15, 0.2) is 30.5 Å². The molecule has 6 rings (SSSR count). The average Bonchev–Trinajstić information content (AvgIpc) is 3.74. The minimum Gasteiger partial charge on any atom is -0.508 e. The molecule has 1 saturated carbocycles. The molecule has 0 amide bonds. The van der Waals surface area contributed by atoms with Crippen LogP contribution in [-0.2, 0) is 6.42 Å². The van der Waals surface area contributed by atoms with Crippen LogP contribution in [0.25, 0.3) is 32.9 Å². The van der Waals surface area contributed by atoms with Crippen LogP contribution in [0.2, 0.25) is 0 Å². The van der Waals surface area contributed by atoms with Crippen molar-refractivity contribution >= 4 is 27.5 Å². The molecule has 3 heterocycles. The number of piperidine rings is 1. The van der Waals surface area contributed by atoms with Crippen molar-refractivity contribution in [3.05, 3.63) is 47.7 Å². The van der Waals surface area contributed by atoms with Gasteiger partial charge in [-0.15, -0.1) is 0 Å². The fraction of sp³-hybridized carbons (Fsp3) is 0.485. The van der Waals surface area contributed by atoms with Crippen molar-refractivity contribution in [3.63, 3.8) is 0 Å². The number of phenolic OH excluding ortho intramolecular Hbond substituents is 1. The van der Waals surface area contributed by atoms with E-state index in [9.17, 15) is 14.6 Å². The Kier molecular flexibility index (Phi) is 7.62. The van der Waals surface area contributed by atoms with E-state index in [2.05, 4.69) is 28.8 Å². The lowest BCUT2D eigenvalue weighted by Gasteiger charge is -2.37. The van der Waals surface area contributed by atoms with Gasteiger partial charge in [-0.2, -0.15) is 9.97 Å². The molecular weight excluding hydrogens is 552 g/mol. The normalized spacial score (nSPS) is 19.9. The van der Waals surface area contributed by atoms with Gasteiger partial charge in [-0.1, -0.05) is 19.9 Å². The Balaban J connectivity index is 1.50. The van der Waals surface area contributed by atoms with Crippen LogP contribution < -0.4 is 9.64 Å². The summed E-state index contributed by atoms with van der Waals surface area (Å²) in [7, 11) is 2.08. The molecule has 2 aliphatic rings. The van der Waals surface area contributed by atoms with Gasteiger partial charge in [-0.3, -0.25) is 4.98 Å². The number of fused-ring (bicyclic) bond motifs is 2. The van der Waals surface area contributed by atoms with E-state index in [1.807, 2.05) is 11.8 Å². The lowest BCUT2D eigenvalue weighted by Crippen LogP contribution is -2.46. The first-order chi connectivity index (χ1) is 20.5. The topological polar surface area (TPSA) is 94.8 Å². The number of rotatable bonds is 9. The Bertz CT molecular complexity index is 1690. The summed E-state index contributed by atoms with van der Waals surface area (Å²) >= 11 is 0. The molecule has 8 nitrogen and oxygen atoms in total. The van der Waals surface area contributed by atoms with Crippen molar-refractivity contribution in [2.24, 2.45) is 5.41 Å². The van der Waals surface area contributed by atoms with Gasteiger partial charge in [0.05, 0.1) is 17.6 Å². The fourth-order valence-electron chi connectivity index (χ4n) is 6.38. The van der Waals surface area contributed by atoms with E-state index >= 15 is 4.39 Å². The summed E-state index contributed by atoms with van der Waals surface area (Å²) in [6, 6.07) is 5.95. The van der Waals surface area contributed by atoms with Gasteiger partial charge in [0, 0.05) is 36.8 Å². The number of nitrogens with zero attached hydrogens (tertiary/aromatic N) is 5. The van der Waals surface area contributed by atoms with Crippen molar-refractivity contribution in [1.82, 2.24) is 19.9 Å². The molecule has 0 unspecified atom stereocenters. The van der Waals surface area contributed by atoms with Gasteiger partial charge in [-0.05, 0) is 87.2 Å². The second-order valence-electron chi connectivity index (χ2n) is 12.6. The van der Waals surface area contributed by atoms with Gasteiger partial charge >= 0.3 is 6.01 Å². The van der Waals surface area contributed by atoms with Crippen molar-refractivity contribution in [2.45, 2.75) is 58.5 Å². The number of halogens is 2. The molecule has 4 aromatic rings. The quantitative estimate of drug-likeness (QED) is 0.250. The van der Waals surface area contributed by atoms with Crippen LogP contribution in [-0.4, -0.2) is 75.5 Å². The maximum Gasteiger partial charge on any atom is 0.319 e. The molecule has 1 aliphatic carbocycles. The van der Waals surface area contributed by atoms with Crippen LogP contribution in [0.5, 0.6) is 11.8 Å². The number of aliphatic hydroxyl groups is 1. The maximum atomic E-state index is 16.7. The van der Waals surface area contributed by atoms with Gasteiger partial charge in [-0.25, -0.2) is 8.78 Å². The van der Waals surface area contributed by atoms with E-state index in [4.69, 9.17) is 9.72 Å². The van der Waals surface area contributed by atoms with E-state index < -0.39 is 17.2 Å². The van der Waals surface area contributed by atoms with Crippen molar-refractivity contribution in [2.75, 3.05) is 44.7 Å². The number of aryl methyl sites for hydroxylation is 1. The second kappa shape index (κ2) is 11.1. The van der Waals surface area contributed by atoms with Gasteiger partial charge in [0.25, 0.3) is 0 Å². The summed E-state index contributed by atoms with van der Waals surface area (Å²) in [5.41, 5.74) is -0.222. The molecule has 10 heteroatoms. The molecule has 0 bridgehead atoms. The third-order valence-corrected chi connectivity index (χ3v) is 8.99. The summed E-state index contributed by atoms with van der Waals surface area (Å²) in [6.07, 6.45) is 5.38. The number of anilines is 1. The lowest BCUT2D eigenvalue weighted by molar-refractivity contribution is 0.0447. The number of benzene rings is 2. The highest BCUT2D eigenvalue weighted by atomic mass is 19.1. The molecule has 1 aliphatic heterocycles. The summed E-state index contributed by atoms with van der Waals surface area (Å²) in [4.78, 5) is 18.0. The van der Waals surface area contributed by atoms with E-state index in [1.54, 1.807) is 13.0 Å². The minimum absolute atomic E-state index is 0.0150. The molecule has 2 N–H and O–H groups in total. The Morgan fingerprint density at radius 2 is 1.91 bits per heavy atom. The maximum absolute atomic E-state index is 16.7. The predicted molar refractivity (Wildman–Crippen MR) is 164 cm³/mol. The fourth-order valence-corrected chi connectivity index (χ4v) is 6.38. The number of aromatic hydroxyl groups is 1. The third kappa shape index (κ3) is 5.70. The van der Waals surface area contributed by atoms with Crippen LogP contribution in [0, 0.1) is 17.0 Å². The lowest BCUT2D eigenvalue weighted by atomic mass is 9.94. The Morgan fingerprint density at radius 3 is 2.60 bits per heavy atom. The molecular formula is C33H39F2N5O3. The Morgan fingerprint density at radius 1 is 1.12 bits per heavy atom. The summed E-state index contributed by atoms with van der Waals surface area (Å²) in [5.74, 6) is -0.732. The number of ether oxygens (including phenoxy) is 1. The third-order valence-electron chi connectivity index (χ3n) is 8.99. The van der Waals surface area contributed by atoms with Gasteiger partial charge in [0.2, 0.25) is 0 Å². The van der Waals surface area contributed by atoms with Crippen molar-refractivity contribution in [1.29, 1.82) is 0 Å². The van der Waals surface area contributed by atoms with Gasteiger partial charge in [0.15, 0.2) is 5.82 Å². The van der Waals surface area contributed by atoms with E-state index in [1.165, 1.54) is 24.4 Å². The zero-order chi connectivity index (χ0) is 30.5. The van der Waals surface area contributed by atoms with Crippen LogP contribution in [0.3, 0.4) is 0 Å². The number of phenols is 1. The first kappa shape index (κ1) is 29.4. The molecule has 1 saturated heterocycles. The standard InChI is InChI=1S/C33H39F2N5O3/c1-5-22-25(34)9-8-20-14-21(41)15-23(26(20)22)28-27(35)29-24(16-36-28)30(40-13-7-10-32(3,42)17-40)38-31(37-29)43-19-33(11-12-33)18-39(4)6-2/h8-9,14-16,41-42H,5-7,10-13,17-19H2,1-4H3/t32-/m1/s1. The first-order valence-electron chi connectivity index (χ1n) is 15.1. The van der Waals surface area contributed by atoms with Crippen LogP contribution in [0.4, 0.5) is 14.6 Å². The van der Waals surface area contributed by atoms with Crippen molar-refractivity contribution < 1.29 is 23.7 Å². The Hall–Kier alpha value is -3.63. The van der Waals surface area contributed by atoms with Gasteiger partial charge in [0.1, 0.15) is 28.6 Å². The highest BCUT2D eigenvalue weighted by Gasteiger charge is 2.44. The van der Waals surface area contributed by atoms with E-state index in [0.717, 1.165) is 32.4 Å². The van der Waals surface area contributed by atoms with Crippen LogP contribution >= 0.6 is 0 Å². The van der Waals surface area contributed by atoms with Gasteiger partial charge < -0.3 is 24.7 Å². The highest BCUT2D eigenvalue weighted by molar-refractivity contribution is 6.01. The van der Waals surface area contributed by atoms with E-state index in [0.29, 0.717) is 60.1 Å². The average molecular weight is 592 g/mol. The zero-order valence-corrected chi connectivity index (χ0v) is 25.3. The largest absolute Gasteiger partial charge is 0.508 e. The molecule has 0 radical (unpaired) electrons. The monoisotopic (exact) mass is 591 g/mol. The Labute approximate surface area is 250 Å². The second-order valence-corrected chi connectivity index (χ2v) is 12.6. The number of pyridine rings is 1. The molecule has 2 aromatic carbocycles. The summed E-state index contributed by atoms with van der Waals surface area (Å²) in [5, 5.41) is 22.9. The number of aromatic nitrogens is 3. The smallest absolute Gasteiger partial charge is 0.319 e. The first-order valence-corrected chi connectivity index (χ1v) is 15.1. The zero-order valence-electron chi connectivity index (χ0n) is 25.3. The summed E-state index contributed by atoms with van der Waals surface area (Å²) in [6.45, 7) is 8.93. The molecule has 228 valence electrons. The molecule has 1 atom stereocenters. The molecule has 43 heavy (non-hydrogen) atoms. The SMILES string of the molecule is CCc1c(F)ccc2cc(O)cc(-c3ncc4c(N5CCC[C@@](C)(O)C5)nc(OCC5(CN(C)CC)CC5)nc4c3F)c12. The highest BCUT2D eigenvalue weighted by Crippen LogP contribution is 2.46. The summed E-state index contributed by atoms with van der Waals surface area (Å²) < 4.78 is 37.8.